The van der Waals surface area contributed by atoms with Crippen molar-refractivity contribution in [1.29, 1.82) is 0 Å². The smallest absolute Gasteiger partial charge is 0.241 e. The molecule has 3 N–H and O–H groups in total. The molecule has 1 aromatic rings. The van der Waals surface area contributed by atoms with Gasteiger partial charge in [-0.2, -0.15) is 0 Å². The summed E-state index contributed by atoms with van der Waals surface area (Å²) in [7, 11) is -1.91. The van der Waals surface area contributed by atoms with Gasteiger partial charge in [-0.25, -0.2) is 13.1 Å². The number of sulfonamides is 1. The molecule has 0 spiro atoms. The number of hydrogen-bond acceptors (Lipinski definition) is 5. The minimum absolute atomic E-state index is 0.203. The predicted octanol–water partition coefficient (Wildman–Crippen LogP) is 0.910. The lowest BCUT2D eigenvalue weighted by Crippen LogP contribution is -2.37. The first kappa shape index (κ1) is 14.6. The van der Waals surface area contributed by atoms with Gasteiger partial charge in [0.05, 0.1) is 11.5 Å². The average molecular weight is 278 g/mol. The zero-order valence-corrected chi connectivity index (χ0v) is 11.6. The maximum absolute atomic E-state index is 12.0. The van der Waals surface area contributed by atoms with Crippen molar-refractivity contribution in [1.82, 2.24) is 4.72 Å². The summed E-state index contributed by atoms with van der Waals surface area (Å²) in [4.78, 5) is 1.13. The van der Waals surface area contributed by atoms with Crippen molar-refractivity contribution < 1.29 is 13.2 Å². The number of hydrogen-bond donors (Lipinski definition) is 2. The second kappa shape index (κ2) is 6.46. The molecule has 98 valence electrons. The Hall–Kier alpha value is -0.470. The lowest BCUT2D eigenvalue weighted by atomic mass is 10.3. The van der Waals surface area contributed by atoms with Crippen molar-refractivity contribution in [2.75, 3.05) is 13.7 Å². The first-order chi connectivity index (χ1) is 8.03. The van der Waals surface area contributed by atoms with E-state index in [1.807, 2.05) is 6.92 Å². The van der Waals surface area contributed by atoms with Crippen LogP contribution in [0.5, 0.6) is 0 Å². The Bertz CT molecular complexity index is 442. The molecular formula is C10H18N2O3S2. The summed E-state index contributed by atoms with van der Waals surface area (Å²) in [5.41, 5.74) is 5.46. The van der Waals surface area contributed by atoms with Crippen molar-refractivity contribution >= 4 is 21.4 Å². The van der Waals surface area contributed by atoms with Crippen LogP contribution in [0.25, 0.3) is 0 Å². The number of nitrogens with two attached hydrogens (primary N) is 1. The summed E-state index contributed by atoms with van der Waals surface area (Å²) >= 11 is 1.35. The minimum atomic E-state index is -3.46. The number of thiophene rings is 1. The van der Waals surface area contributed by atoms with Gasteiger partial charge in [-0.1, -0.05) is 6.92 Å². The fourth-order valence-corrected chi connectivity index (χ4v) is 3.79. The Labute approximate surface area is 106 Å². The van der Waals surface area contributed by atoms with Crippen molar-refractivity contribution in [3.63, 3.8) is 0 Å². The molecule has 0 radical (unpaired) electrons. The summed E-state index contributed by atoms with van der Waals surface area (Å²) in [5, 5.41) is 1.60. The fourth-order valence-electron chi connectivity index (χ4n) is 1.33. The first-order valence-corrected chi connectivity index (χ1v) is 7.68. The Morgan fingerprint density at radius 2 is 2.29 bits per heavy atom. The molecule has 0 saturated heterocycles. The van der Waals surface area contributed by atoms with Gasteiger partial charge in [0.15, 0.2) is 0 Å². The highest BCUT2D eigenvalue weighted by Crippen LogP contribution is 2.19. The molecule has 1 atom stereocenters. The summed E-state index contributed by atoms with van der Waals surface area (Å²) in [6, 6.07) is 1.40. The van der Waals surface area contributed by atoms with Crippen LogP contribution in [0.1, 0.15) is 18.2 Å². The Balaban J connectivity index is 2.80. The van der Waals surface area contributed by atoms with Crippen LogP contribution in [0.15, 0.2) is 16.3 Å². The van der Waals surface area contributed by atoms with Gasteiger partial charge in [0.1, 0.15) is 0 Å². The largest absolute Gasteiger partial charge is 0.383 e. The van der Waals surface area contributed by atoms with Crippen LogP contribution in [0.4, 0.5) is 0 Å². The maximum atomic E-state index is 12.0. The van der Waals surface area contributed by atoms with Crippen molar-refractivity contribution in [2.45, 2.75) is 30.8 Å². The molecule has 0 bridgehead atoms. The van der Waals surface area contributed by atoms with Crippen LogP contribution in [0, 0.1) is 0 Å². The van der Waals surface area contributed by atoms with E-state index in [0.717, 1.165) is 4.88 Å². The highest BCUT2D eigenvalue weighted by Gasteiger charge is 2.20. The van der Waals surface area contributed by atoms with Crippen molar-refractivity contribution in [2.24, 2.45) is 5.73 Å². The predicted molar refractivity (Wildman–Crippen MR) is 68.5 cm³/mol. The van der Waals surface area contributed by atoms with Crippen LogP contribution in [-0.2, 0) is 21.3 Å². The molecule has 0 fully saturated rings. The lowest BCUT2D eigenvalue weighted by molar-refractivity contribution is 0.173. The number of nitrogens with one attached hydrogen (secondary N) is 1. The van der Waals surface area contributed by atoms with E-state index in [2.05, 4.69) is 4.72 Å². The Kier molecular flexibility index (Phi) is 5.54. The number of ether oxygens (including phenoxy) is 1. The lowest BCUT2D eigenvalue weighted by Gasteiger charge is -2.15. The Morgan fingerprint density at radius 1 is 1.59 bits per heavy atom. The minimum Gasteiger partial charge on any atom is -0.383 e. The topological polar surface area (TPSA) is 81.4 Å². The molecule has 1 rings (SSSR count). The van der Waals surface area contributed by atoms with Crippen LogP contribution in [0.3, 0.4) is 0 Å². The highest BCUT2D eigenvalue weighted by molar-refractivity contribution is 7.89. The van der Waals surface area contributed by atoms with Crippen LogP contribution >= 0.6 is 11.3 Å². The summed E-state index contributed by atoms with van der Waals surface area (Å²) in [6.45, 7) is 2.63. The quantitative estimate of drug-likeness (QED) is 0.777. The molecule has 0 aliphatic carbocycles. The third-order valence-corrected chi connectivity index (χ3v) is 4.93. The van der Waals surface area contributed by atoms with E-state index in [0.29, 0.717) is 19.6 Å². The average Bonchev–Trinajstić information content (AvgIpc) is 2.77. The Morgan fingerprint density at radius 3 is 2.76 bits per heavy atom. The van der Waals surface area contributed by atoms with E-state index in [4.69, 9.17) is 10.5 Å². The third-order valence-electron chi connectivity index (χ3n) is 2.32. The summed E-state index contributed by atoms with van der Waals surface area (Å²) in [6.07, 6.45) is 0.682. The second-order valence-corrected chi connectivity index (χ2v) is 6.34. The molecular weight excluding hydrogens is 260 g/mol. The SMILES string of the molecule is CCC(COC)NS(=O)(=O)c1csc(CN)c1. The molecule has 0 aliphatic rings. The molecule has 0 amide bonds. The van der Waals surface area contributed by atoms with E-state index < -0.39 is 10.0 Å². The first-order valence-electron chi connectivity index (χ1n) is 5.32. The van der Waals surface area contributed by atoms with E-state index in [1.165, 1.54) is 11.3 Å². The molecule has 0 saturated carbocycles. The number of methoxy groups -OCH3 is 1. The molecule has 17 heavy (non-hydrogen) atoms. The molecule has 0 aromatic carbocycles. The van der Waals surface area contributed by atoms with Crippen molar-refractivity contribution in [3.05, 3.63) is 16.3 Å². The fraction of sp³-hybridized carbons (Fsp3) is 0.600. The zero-order chi connectivity index (χ0) is 12.9. The maximum Gasteiger partial charge on any atom is 0.241 e. The highest BCUT2D eigenvalue weighted by atomic mass is 32.2. The van der Waals surface area contributed by atoms with E-state index >= 15 is 0 Å². The number of rotatable bonds is 7. The monoisotopic (exact) mass is 278 g/mol. The van der Waals surface area contributed by atoms with Gasteiger partial charge in [0.25, 0.3) is 0 Å². The van der Waals surface area contributed by atoms with Crippen LogP contribution < -0.4 is 10.5 Å². The van der Waals surface area contributed by atoms with E-state index in [-0.39, 0.29) is 10.9 Å². The van der Waals surface area contributed by atoms with Gasteiger partial charge in [-0.3, -0.25) is 0 Å². The van der Waals surface area contributed by atoms with E-state index in [9.17, 15) is 8.42 Å². The third kappa shape index (κ3) is 4.04. The summed E-state index contributed by atoms with van der Waals surface area (Å²) in [5.74, 6) is 0. The van der Waals surface area contributed by atoms with Gasteiger partial charge in [-0.15, -0.1) is 11.3 Å². The molecule has 1 aromatic heterocycles. The van der Waals surface area contributed by atoms with Gasteiger partial charge < -0.3 is 10.5 Å². The van der Waals surface area contributed by atoms with Crippen molar-refractivity contribution in [3.8, 4) is 0 Å². The molecule has 0 aliphatic heterocycles. The molecule has 1 heterocycles. The van der Waals surface area contributed by atoms with Gasteiger partial charge in [0.2, 0.25) is 10.0 Å². The van der Waals surface area contributed by atoms with Crippen LogP contribution in [-0.4, -0.2) is 28.2 Å². The summed E-state index contributed by atoms with van der Waals surface area (Å²) < 4.78 is 31.6. The van der Waals surface area contributed by atoms with Gasteiger partial charge >= 0.3 is 0 Å². The van der Waals surface area contributed by atoms with Gasteiger partial charge in [0, 0.05) is 30.0 Å². The van der Waals surface area contributed by atoms with Gasteiger partial charge in [-0.05, 0) is 12.5 Å². The standard InChI is InChI=1S/C10H18N2O3S2/c1-3-8(6-15-2)12-17(13,14)10-4-9(5-11)16-7-10/h4,7-8,12H,3,5-6,11H2,1-2H3. The molecule has 5 nitrogen and oxygen atoms in total. The molecule has 7 heteroatoms. The van der Waals surface area contributed by atoms with E-state index in [1.54, 1.807) is 18.6 Å². The normalized spacial score (nSPS) is 13.8. The molecule has 1 unspecified atom stereocenters. The second-order valence-electron chi connectivity index (χ2n) is 3.63. The zero-order valence-electron chi connectivity index (χ0n) is 9.97. The van der Waals surface area contributed by atoms with Crippen LogP contribution in [0.2, 0.25) is 0 Å².